The molecule has 0 aliphatic rings. The van der Waals surface area contributed by atoms with Gasteiger partial charge in [-0.25, -0.2) is 0 Å². The molecule has 0 amide bonds. The van der Waals surface area contributed by atoms with Crippen molar-refractivity contribution in [1.29, 1.82) is 0 Å². The molecule has 0 aromatic heterocycles. The molecule has 0 heterocycles. The summed E-state index contributed by atoms with van der Waals surface area (Å²) < 4.78 is 5.72. The van der Waals surface area contributed by atoms with Crippen molar-refractivity contribution in [1.82, 2.24) is 5.09 Å². The number of para-hydroxylation sites is 1. The maximum Gasteiger partial charge on any atom is 0.158 e. The molecule has 1 aromatic rings. The van der Waals surface area contributed by atoms with Gasteiger partial charge in [0.2, 0.25) is 0 Å². The van der Waals surface area contributed by atoms with Crippen LogP contribution in [0.25, 0.3) is 0 Å². The van der Waals surface area contributed by atoms with E-state index < -0.39 is 8.30 Å². The van der Waals surface area contributed by atoms with Crippen LogP contribution in [0.4, 0.5) is 0 Å². The summed E-state index contributed by atoms with van der Waals surface area (Å²) in [7, 11) is -0.707. The third-order valence-electron chi connectivity index (χ3n) is 2.12. The second-order valence-electron chi connectivity index (χ2n) is 3.46. The molecule has 1 atom stereocenters. The van der Waals surface area contributed by atoms with E-state index in [4.69, 9.17) is 16.1 Å². The van der Waals surface area contributed by atoms with Crippen LogP contribution >= 0.6 is 19.9 Å². The van der Waals surface area contributed by atoms with Crippen LogP contribution in [-0.2, 0) is 0 Å². The highest BCUT2D eigenvalue weighted by atomic mass is 35.5. The molecule has 0 bridgehead atoms. The predicted octanol–water partition coefficient (Wildman–Crippen LogP) is 4.22. The lowest BCUT2D eigenvalue weighted by molar-refractivity contribution is 0.605. The third-order valence-corrected chi connectivity index (χ3v) is 3.51. The Labute approximate surface area is 104 Å². The molecule has 0 saturated heterocycles. The Kier molecular flexibility index (Phi) is 5.83. The van der Waals surface area contributed by atoms with Gasteiger partial charge >= 0.3 is 0 Å². The molecular formula is C12H17ClNOP. The van der Waals surface area contributed by atoms with E-state index in [1.807, 2.05) is 30.9 Å². The van der Waals surface area contributed by atoms with E-state index >= 15 is 0 Å². The average Bonchev–Trinajstić information content (AvgIpc) is 2.29. The fourth-order valence-electron chi connectivity index (χ4n) is 1.05. The maximum atomic E-state index is 6.00. The lowest BCUT2D eigenvalue weighted by Crippen LogP contribution is -2.12. The van der Waals surface area contributed by atoms with Crippen LogP contribution in [0.2, 0.25) is 5.02 Å². The van der Waals surface area contributed by atoms with Crippen LogP contribution in [0, 0.1) is 0 Å². The third kappa shape index (κ3) is 4.52. The number of nitrogens with one attached hydrogen (secondary N) is 1. The van der Waals surface area contributed by atoms with Crippen molar-refractivity contribution in [3.05, 3.63) is 41.4 Å². The van der Waals surface area contributed by atoms with Gasteiger partial charge in [-0.1, -0.05) is 42.8 Å². The molecule has 0 spiro atoms. The average molecular weight is 258 g/mol. The van der Waals surface area contributed by atoms with Crippen LogP contribution < -0.4 is 9.61 Å². The SMILES string of the molecule is C=C(CC)CNP(C)Oc1ccccc1Cl. The van der Waals surface area contributed by atoms with Crippen molar-refractivity contribution in [2.24, 2.45) is 0 Å². The van der Waals surface area contributed by atoms with Crippen LogP contribution in [0.1, 0.15) is 13.3 Å². The Morgan fingerprint density at radius 1 is 1.50 bits per heavy atom. The summed E-state index contributed by atoms with van der Waals surface area (Å²) in [6.07, 6.45) is 0.988. The fraction of sp³-hybridized carbons (Fsp3) is 0.333. The monoisotopic (exact) mass is 257 g/mol. The molecule has 0 aliphatic heterocycles. The predicted molar refractivity (Wildman–Crippen MR) is 72.4 cm³/mol. The summed E-state index contributed by atoms with van der Waals surface area (Å²) in [5, 5.41) is 3.94. The minimum Gasteiger partial charge on any atom is -0.457 e. The molecule has 16 heavy (non-hydrogen) atoms. The number of hydrogen-bond acceptors (Lipinski definition) is 2. The van der Waals surface area contributed by atoms with Crippen LogP contribution in [-0.4, -0.2) is 13.2 Å². The quantitative estimate of drug-likeness (QED) is 0.609. The minimum atomic E-state index is -0.707. The van der Waals surface area contributed by atoms with Crippen LogP contribution in [0.5, 0.6) is 5.75 Å². The highest BCUT2D eigenvalue weighted by molar-refractivity contribution is 7.49. The van der Waals surface area contributed by atoms with Crippen LogP contribution in [0.15, 0.2) is 36.4 Å². The zero-order valence-electron chi connectivity index (χ0n) is 9.66. The molecule has 2 nitrogen and oxygen atoms in total. The first kappa shape index (κ1) is 13.5. The molecule has 0 fully saturated rings. The minimum absolute atomic E-state index is 0.646. The number of rotatable bonds is 6. The standard InChI is InChI=1S/C12H17ClNOP/c1-4-10(2)9-14-16(3)15-12-8-6-5-7-11(12)13/h5-8,14H,2,4,9H2,1,3H3. The second-order valence-corrected chi connectivity index (χ2v) is 5.36. The summed E-state index contributed by atoms with van der Waals surface area (Å²) in [5.74, 6) is 0.729. The first-order chi connectivity index (χ1) is 7.63. The van der Waals surface area contributed by atoms with Gasteiger partial charge in [0.1, 0.15) is 5.75 Å². The van der Waals surface area contributed by atoms with Crippen molar-refractivity contribution in [2.75, 3.05) is 13.2 Å². The normalized spacial score (nSPS) is 12.2. The summed E-state index contributed by atoms with van der Waals surface area (Å²) in [6.45, 7) is 8.84. The zero-order chi connectivity index (χ0) is 12.0. The highest BCUT2D eigenvalue weighted by Gasteiger charge is 2.06. The van der Waals surface area contributed by atoms with E-state index in [0.717, 1.165) is 18.7 Å². The topological polar surface area (TPSA) is 21.3 Å². The Balaban J connectivity index is 2.43. The lowest BCUT2D eigenvalue weighted by atomic mass is 10.2. The highest BCUT2D eigenvalue weighted by Crippen LogP contribution is 2.34. The lowest BCUT2D eigenvalue weighted by Gasteiger charge is -2.16. The van der Waals surface area contributed by atoms with Gasteiger partial charge in [-0.15, -0.1) is 0 Å². The second kappa shape index (κ2) is 6.90. The van der Waals surface area contributed by atoms with Gasteiger partial charge in [0, 0.05) is 13.2 Å². The Bertz CT molecular complexity index is 357. The fourth-order valence-corrected chi connectivity index (χ4v) is 2.24. The van der Waals surface area contributed by atoms with E-state index in [9.17, 15) is 0 Å². The van der Waals surface area contributed by atoms with Gasteiger partial charge < -0.3 is 4.52 Å². The molecule has 0 radical (unpaired) electrons. The van der Waals surface area contributed by atoms with E-state index in [-0.39, 0.29) is 0 Å². The van der Waals surface area contributed by atoms with Gasteiger partial charge in [0.15, 0.2) is 8.30 Å². The molecule has 4 heteroatoms. The first-order valence-corrected chi connectivity index (χ1v) is 7.28. The molecule has 1 unspecified atom stereocenters. The largest absolute Gasteiger partial charge is 0.457 e. The molecular weight excluding hydrogens is 241 g/mol. The Hall–Kier alpha value is -0.560. The summed E-state index contributed by atoms with van der Waals surface area (Å²) in [5.41, 5.74) is 1.18. The summed E-state index contributed by atoms with van der Waals surface area (Å²) >= 11 is 6.00. The van der Waals surface area contributed by atoms with Crippen molar-refractivity contribution in [3.8, 4) is 5.75 Å². The van der Waals surface area contributed by atoms with E-state index in [2.05, 4.69) is 18.6 Å². The van der Waals surface area contributed by atoms with E-state index in [1.165, 1.54) is 5.57 Å². The van der Waals surface area contributed by atoms with Crippen molar-refractivity contribution in [2.45, 2.75) is 13.3 Å². The van der Waals surface area contributed by atoms with Crippen molar-refractivity contribution in [3.63, 3.8) is 0 Å². The zero-order valence-corrected chi connectivity index (χ0v) is 11.3. The maximum absolute atomic E-state index is 6.00. The molecule has 1 N–H and O–H groups in total. The smallest absolute Gasteiger partial charge is 0.158 e. The van der Waals surface area contributed by atoms with Gasteiger partial charge in [-0.3, -0.25) is 5.09 Å². The molecule has 88 valence electrons. The summed E-state index contributed by atoms with van der Waals surface area (Å²) in [4.78, 5) is 0. The van der Waals surface area contributed by atoms with Gasteiger partial charge in [-0.2, -0.15) is 0 Å². The summed E-state index contributed by atoms with van der Waals surface area (Å²) in [6, 6.07) is 7.50. The van der Waals surface area contributed by atoms with Gasteiger partial charge in [-0.05, 0) is 18.6 Å². The van der Waals surface area contributed by atoms with Crippen molar-refractivity contribution >= 4 is 19.9 Å². The van der Waals surface area contributed by atoms with E-state index in [1.54, 1.807) is 0 Å². The Morgan fingerprint density at radius 2 is 2.19 bits per heavy atom. The Morgan fingerprint density at radius 3 is 2.81 bits per heavy atom. The van der Waals surface area contributed by atoms with Crippen molar-refractivity contribution < 1.29 is 4.52 Å². The van der Waals surface area contributed by atoms with E-state index in [0.29, 0.717) is 5.02 Å². The molecule has 0 aliphatic carbocycles. The number of halogens is 1. The molecule has 0 saturated carbocycles. The van der Waals surface area contributed by atoms with Crippen LogP contribution in [0.3, 0.4) is 0 Å². The molecule has 1 aromatic carbocycles. The number of hydrogen-bond donors (Lipinski definition) is 1. The van der Waals surface area contributed by atoms with Gasteiger partial charge in [0.05, 0.1) is 5.02 Å². The van der Waals surface area contributed by atoms with Gasteiger partial charge in [0.25, 0.3) is 0 Å². The number of benzene rings is 1. The molecule has 1 rings (SSSR count). The first-order valence-electron chi connectivity index (χ1n) is 5.20.